The van der Waals surface area contributed by atoms with E-state index in [4.69, 9.17) is 0 Å². The van der Waals surface area contributed by atoms with Gasteiger partial charge in [-0.3, -0.25) is 24.3 Å². The molecule has 0 aromatic carbocycles. The summed E-state index contributed by atoms with van der Waals surface area (Å²) in [6.07, 6.45) is 26.9. The van der Waals surface area contributed by atoms with Crippen LogP contribution in [0.25, 0.3) is 0 Å². The number of halogens is 4. The molecule has 0 heterocycles. The monoisotopic (exact) mass is 904 g/mol. The van der Waals surface area contributed by atoms with E-state index < -0.39 is 0 Å². The summed E-state index contributed by atoms with van der Waals surface area (Å²) in [4.78, 5) is 0. The molecule has 0 bridgehead atoms. The zero-order valence-electron chi connectivity index (χ0n) is 23.5. The summed E-state index contributed by atoms with van der Waals surface area (Å²) in [7, 11) is 0. The van der Waals surface area contributed by atoms with Crippen LogP contribution in [0.15, 0.2) is 69.9 Å². The average Bonchev–Trinajstić information content (AvgIpc) is 3.46. The maximum Gasteiger partial charge on any atom is 0 e. The van der Waals surface area contributed by atoms with Crippen molar-refractivity contribution >= 4 is 49.6 Å². The summed E-state index contributed by atoms with van der Waals surface area (Å²) in [6, 6.07) is 0. The number of hydrogen-bond acceptors (Lipinski definition) is 0. The number of allylic oxidation sites excluding steroid dienone is 16. The first kappa shape index (κ1) is 49.7. The summed E-state index contributed by atoms with van der Waals surface area (Å²) in [5.41, 5.74) is 8.79. The smallest absolute Gasteiger partial charge is 0 e. The maximum atomic E-state index is 3.44. The molecule has 0 saturated heterocycles. The molecule has 0 aromatic heterocycles. The molecular formula is C30H44Cl4Hf2-4. The Morgan fingerprint density at radius 3 is 0.889 bits per heavy atom. The summed E-state index contributed by atoms with van der Waals surface area (Å²) >= 11 is 0. The van der Waals surface area contributed by atoms with E-state index >= 15 is 0 Å². The second-order valence-electron chi connectivity index (χ2n) is 9.26. The van der Waals surface area contributed by atoms with Crippen molar-refractivity contribution in [2.24, 2.45) is 10.8 Å². The van der Waals surface area contributed by atoms with E-state index in [1.165, 1.54) is 33.4 Å². The molecule has 0 spiro atoms. The van der Waals surface area contributed by atoms with Crippen LogP contribution in [0.1, 0.15) is 82.1 Å². The number of rotatable bonds is 0. The molecule has 0 aromatic rings. The van der Waals surface area contributed by atoms with Crippen LogP contribution in [0, 0.1) is 35.1 Å². The van der Waals surface area contributed by atoms with Gasteiger partial charge in [-0.2, -0.15) is 34.4 Å². The second kappa shape index (κ2) is 23.7. The van der Waals surface area contributed by atoms with E-state index in [-0.39, 0.29) is 112 Å². The molecule has 4 aliphatic rings. The third-order valence-corrected chi connectivity index (χ3v) is 6.30. The molecule has 0 radical (unpaired) electrons. The molecule has 0 fully saturated rings. The van der Waals surface area contributed by atoms with Gasteiger partial charge < -0.3 is 0 Å². The molecule has 0 nitrogen and oxygen atoms in total. The van der Waals surface area contributed by atoms with Gasteiger partial charge >= 0.3 is 0 Å². The van der Waals surface area contributed by atoms with E-state index in [0.717, 1.165) is 12.8 Å². The first-order chi connectivity index (χ1) is 13.9. The molecule has 0 aliphatic heterocycles. The summed E-state index contributed by atoms with van der Waals surface area (Å²) in [6.45, 7) is 21.8. The van der Waals surface area contributed by atoms with Gasteiger partial charge in [-0.25, -0.2) is 35.5 Å². The fraction of sp³-hybridized carbons (Fsp3) is 0.467. The fourth-order valence-corrected chi connectivity index (χ4v) is 3.49. The third-order valence-electron chi connectivity index (χ3n) is 6.30. The van der Waals surface area contributed by atoms with Crippen molar-refractivity contribution in [3.8, 4) is 0 Å². The summed E-state index contributed by atoms with van der Waals surface area (Å²) < 4.78 is 0. The standard InChI is InChI=1S/2C10H15.2C5H5.4ClH.2Hf/c2*1-7-6-10(4,5)9(3)8(7)2;2*1-2-4-5-3-1;;;;;;/h2*1-5H3;2*1-3H,4H2;4*1H;;/q4*-1;;;;;;. The fourth-order valence-electron chi connectivity index (χ4n) is 3.49. The molecule has 0 N–H and O–H groups in total. The predicted octanol–water partition coefficient (Wildman–Crippen LogP) is 10.5. The zero-order valence-corrected chi connectivity index (χ0v) is 34.0. The SMILES string of the molecule is CC1=[C-]C(C)(C)C(C)=C1C.CC1=[C-]C(C)(C)C(C)=C1C.Cl.Cl.Cl.Cl.[C-]1=CC=CC1.[C-]1=CC=CC1.[Hf].[Hf]. The number of hydrogen-bond donors (Lipinski definition) is 0. The van der Waals surface area contributed by atoms with E-state index in [1.807, 2.05) is 24.3 Å². The quantitative estimate of drug-likeness (QED) is 0.168. The van der Waals surface area contributed by atoms with Crippen LogP contribution < -0.4 is 0 Å². The Balaban J connectivity index is -0.0000000819. The molecule has 36 heavy (non-hydrogen) atoms. The van der Waals surface area contributed by atoms with Crippen molar-refractivity contribution in [1.29, 1.82) is 0 Å². The van der Waals surface area contributed by atoms with Gasteiger partial charge in [0.05, 0.1) is 0 Å². The molecule has 4 rings (SSSR count). The van der Waals surface area contributed by atoms with Crippen molar-refractivity contribution in [2.45, 2.75) is 82.1 Å². The topological polar surface area (TPSA) is 0 Å². The van der Waals surface area contributed by atoms with Gasteiger partial charge in [0, 0.05) is 51.7 Å². The molecule has 0 atom stereocenters. The maximum absolute atomic E-state index is 3.44. The van der Waals surface area contributed by atoms with E-state index in [1.54, 1.807) is 0 Å². The van der Waals surface area contributed by atoms with Crippen LogP contribution in [0.2, 0.25) is 0 Å². The van der Waals surface area contributed by atoms with E-state index in [9.17, 15) is 0 Å². The van der Waals surface area contributed by atoms with Gasteiger partial charge in [0.1, 0.15) is 0 Å². The Kier molecular flexibility index (Phi) is 32.7. The Hall–Kier alpha value is 0.820. The van der Waals surface area contributed by atoms with Gasteiger partial charge in [-0.1, -0.05) is 66.2 Å². The second-order valence-corrected chi connectivity index (χ2v) is 9.26. The largest absolute Gasteiger partial charge is 0.273 e. The van der Waals surface area contributed by atoms with Gasteiger partial charge in [-0.15, -0.1) is 76.3 Å². The normalized spacial score (nSPS) is 17.9. The summed E-state index contributed by atoms with van der Waals surface area (Å²) in [5.74, 6) is 0. The van der Waals surface area contributed by atoms with Crippen LogP contribution in [0.5, 0.6) is 0 Å². The molecule has 4 aliphatic carbocycles. The van der Waals surface area contributed by atoms with Crippen LogP contribution in [-0.4, -0.2) is 0 Å². The van der Waals surface area contributed by atoms with Gasteiger partial charge in [0.25, 0.3) is 0 Å². The third kappa shape index (κ3) is 16.7. The van der Waals surface area contributed by atoms with Crippen molar-refractivity contribution in [2.75, 3.05) is 0 Å². The summed E-state index contributed by atoms with van der Waals surface area (Å²) in [5, 5.41) is 0. The first-order valence-electron chi connectivity index (χ1n) is 10.9. The molecular weight excluding hydrogens is 859 g/mol. The van der Waals surface area contributed by atoms with E-state index in [2.05, 4.69) is 106 Å². The zero-order chi connectivity index (χ0) is 22.9. The minimum absolute atomic E-state index is 0. The van der Waals surface area contributed by atoms with Gasteiger partial charge in [0.2, 0.25) is 0 Å². The molecule has 0 saturated carbocycles. The Morgan fingerprint density at radius 1 is 0.556 bits per heavy atom. The molecule has 204 valence electrons. The van der Waals surface area contributed by atoms with Crippen molar-refractivity contribution in [3.05, 3.63) is 94.2 Å². The first-order valence-corrected chi connectivity index (χ1v) is 10.9. The van der Waals surface area contributed by atoms with E-state index in [0.29, 0.717) is 0 Å². The van der Waals surface area contributed by atoms with Gasteiger partial charge in [-0.05, 0) is 0 Å². The van der Waals surface area contributed by atoms with Crippen molar-refractivity contribution in [3.63, 3.8) is 0 Å². The van der Waals surface area contributed by atoms with Crippen LogP contribution in [-0.2, 0) is 51.7 Å². The van der Waals surface area contributed by atoms with Gasteiger partial charge in [0.15, 0.2) is 0 Å². The minimum Gasteiger partial charge on any atom is -0.273 e. The molecule has 6 heteroatoms. The average molecular weight is 903 g/mol. The predicted molar refractivity (Wildman–Crippen MR) is 161 cm³/mol. The Bertz CT molecular complexity index is 773. The molecule has 0 amide bonds. The van der Waals surface area contributed by atoms with Crippen molar-refractivity contribution in [1.82, 2.24) is 0 Å². The Morgan fingerprint density at radius 2 is 0.833 bits per heavy atom. The Labute approximate surface area is 285 Å². The molecule has 0 unspecified atom stereocenters. The minimum atomic E-state index is 0. The van der Waals surface area contributed by atoms with Crippen LogP contribution in [0.4, 0.5) is 0 Å². The van der Waals surface area contributed by atoms with Crippen molar-refractivity contribution < 1.29 is 51.7 Å². The van der Waals surface area contributed by atoms with Crippen LogP contribution >= 0.6 is 49.6 Å². The van der Waals surface area contributed by atoms with Crippen LogP contribution in [0.3, 0.4) is 0 Å².